The molecule has 0 nitrogen and oxygen atoms in total. The largest absolute Gasteiger partial charge is 0.116 e. The fourth-order valence-corrected chi connectivity index (χ4v) is 1.65. The van der Waals surface area contributed by atoms with Gasteiger partial charge in [0.25, 0.3) is 0 Å². The molecule has 0 saturated carbocycles. The standard InChI is InChI=1S/C9H8B3Cl/c1-3-5-4(2)6(10)9(13)8(12)7(5)11/h3H2,1-2H3. The molecule has 4 heteroatoms. The zero-order valence-corrected chi connectivity index (χ0v) is 8.57. The lowest BCUT2D eigenvalue weighted by Gasteiger charge is -2.17. The Morgan fingerprint density at radius 1 is 1.08 bits per heavy atom. The summed E-state index contributed by atoms with van der Waals surface area (Å²) in [5.74, 6) is 0. The maximum absolute atomic E-state index is 5.89. The SMILES string of the molecule is [B]c1c([B])c(CC)c(C)c([B])c1Cl. The van der Waals surface area contributed by atoms with E-state index in [1.54, 1.807) is 0 Å². The summed E-state index contributed by atoms with van der Waals surface area (Å²) < 4.78 is 0. The van der Waals surface area contributed by atoms with Crippen molar-refractivity contribution < 1.29 is 0 Å². The number of rotatable bonds is 1. The molecule has 1 rings (SSSR count). The first-order valence-electron chi connectivity index (χ1n) is 4.12. The number of hydrogen-bond acceptors (Lipinski definition) is 0. The van der Waals surface area contributed by atoms with Gasteiger partial charge >= 0.3 is 0 Å². The van der Waals surface area contributed by atoms with Gasteiger partial charge < -0.3 is 0 Å². The van der Waals surface area contributed by atoms with E-state index < -0.39 is 0 Å². The second-order valence-corrected chi connectivity index (χ2v) is 3.39. The Kier molecular flexibility index (Phi) is 3.18. The number of halogens is 1. The van der Waals surface area contributed by atoms with Gasteiger partial charge in [-0.2, -0.15) is 0 Å². The van der Waals surface area contributed by atoms with Crippen LogP contribution in [-0.2, 0) is 6.42 Å². The van der Waals surface area contributed by atoms with Crippen LogP contribution in [0, 0.1) is 6.92 Å². The minimum atomic E-state index is 0.368. The average molecular weight is 184 g/mol. The van der Waals surface area contributed by atoms with Gasteiger partial charge in [-0.05, 0) is 13.3 Å². The molecule has 0 N–H and O–H groups in total. The Labute approximate surface area is 88.3 Å². The van der Waals surface area contributed by atoms with Crippen molar-refractivity contribution >= 4 is 51.5 Å². The topological polar surface area (TPSA) is 0 Å². The van der Waals surface area contributed by atoms with E-state index in [9.17, 15) is 0 Å². The van der Waals surface area contributed by atoms with Crippen molar-refractivity contribution in [1.29, 1.82) is 0 Å². The molecule has 0 heterocycles. The van der Waals surface area contributed by atoms with Gasteiger partial charge in [-0.25, -0.2) is 0 Å². The van der Waals surface area contributed by atoms with Crippen LogP contribution >= 0.6 is 11.6 Å². The van der Waals surface area contributed by atoms with Gasteiger partial charge in [-0.3, -0.25) is 0 Å². The molecule has 0 amide bonds. The van der Waals surface area contributed by atoms with Gasteiger partial charge in [-0.1, -0.05) is 46.0 Å². The minimum Gasteiger partial charge on any atom is -0.0988 e. The lowest BCUT2D eigenvalue weighted by Crippen LogP contribution is -2.36. The molecule has 0 aliphatic heterocycles. The van der Waals surface area contributed by atoms with Crippen molar-refractivity contribution in [3.05, 3.63) is 16.1 Å². The highest BCUT2D eigenvalue weighted by Gasteiger charge is 2.09. The van der Waals surface area contributed by atoms with E-state index in [2.05, 4.69) is 0 Å². The summed E-state index contributed by atoms with van der Waals surface area (Å²) in [5, 5.41) is 0.368. The monoisotopic (exact) mass is 184 g/mol. The third-order valence-corrected chi connectivity index (χ3v) is 2.71. The van der Waals surface area contributed by atoms with Gasteiger partial charge in [0.1, 0.15) is 23.5 Å². The molecule has 0 saturated heterocycles. The van der Waals surface area contributed by atoms with Gasteiger partial charge in [0.2, 0.25) is 0 Å². The van der Waals surface area contributed by atoms with Crippen molar-refractivity contribution in [3.8, 4) is 0 Å². The third-order valence-electron chi connectivity index (χ3n) is 2.30. The average Bonchev–Trinajstić information content (AvgIpc) is 2.13. The molecular weight excluding hydrogens is 176 g/mol. The van der Waals surface area contributed by atoms with E-state index in [0.29, 0.717) is 21.4 Å². The minimum absolute atomic E-state index is 0.368. The van der Waals surface area contributed by atoms with Crippen LogP contribution in [-0.4, -0.2) is 23.5 Å². The highest BCUT2D eigenvalue weighted by atomic mass is 35.5. The summed E-state index contributed by atoms with van der Waals surface area (Å²) >= 11 is 5.89. The molecule has 1 aromatic carbocycles. The Bertz CT molecular complexity index is 318. The summed E-state index contributed by atoms with van der Waals surface area (Å²) in [6.07, 6.45) is 0.809. The van der Waals surface area contributed by atoms with Gasteiger partial charge in [0.15, 0.2) is 0 Å². The van der Waals surface area contributed by atoms with Crippen molar-refractivity contribution in [3.63, 3.8) is 0 Å². The van der Waals surface area contributed by atoms with Gasteiger partial charge in [0, 0.05) is 5.02 Å². The maximum Gasteiger partial charge on any atom is 0.116 e. The first-order chi connectivity index (χ1) is 6.00. The van der Waals surface area contributed by atoms with Crippen LogP contribution in [0.25, 0.3) is 0 Å². The second kappa shape index (κ2) is 3.83. The Balaban J connectivity index is 3.56. The molecule has 13 heavy (non-hydrogen) atoms. The zero-order chi connectivity index (χ0) is 10.2. The second-order valence-electron chi connectivity index (χ2n) is 3.01. The highest BCUT2D eigenvalue weighted by molar-refractivity contribution is 6.59. The summed E-state index contributed by atoms with van der Waals surface area (Å²) in [6.45, 7) is 3.90. The lowest BCUT2D eigenvalue weighted by molar-refractivity contribution is 1.13. The van der Waals surface area contributed by atoms with Crippen molar-refractivity contribution in [1.82, 2.24) is 0 Å². The predicted octanol–water partition coefficient (Wildman–Crippen LogP) is -0.408. The van der Waals surface area contributed by atoms with Crippen LogP contribution in [0.2, 0.25) is 5.02 Å². The molecule has 0 spiro atoms. The van der Waals surface area contributed by atoms with E-state index in [0.717, 1.165) is 17.5 Å². The van der Waals surface area contributed by atoms with Crippen molar-refractivity contribution in [2.45, 2.75) is 20.3 Å². The Hall–Kier alpha value is -0.295. The molecule has 6 radical (unpaired) electrons. The first kappa shape index (κ1) is 10.8. The molecule has 1 aromatic rings. The smallest absolute Gasteiger partial charge is 0.0988 e. The molecule has 60 valence electrons. The van der Waals surface area contributed by atoms with Crippen molar-refractivity contribution in [2.75, 3.05) is 0 Å². The normalized spacial score (nSPS) is 10.4. The molecule has 0 bridgehead atoms. The van der Waals surface area contributed by atoms with Crippen LogP contribution in [0.4, 0.5) is 0 Å². The van der Waals surface area contributed by atoms with Crippen LogP contribution in [0.3, 0.4) is 0 Å². The molecule has 0 aromatic heterocycles. The lowest BCUT2D eigenvalue weighted by atomic mass is 9.71. The van der Waals surface area contributed by atoms with Gasteiger partial charge in [0.05, 0.1) is 0 Å². The van der Waals surface area contributed by atoms with E-state index in [1.165, 1.54) is 0 Å². The zero-order valence-electron chi connectivity index (χ0n) is 7.82. The number of hydrogen-bond donors (Lipinski definition) is 0. The maximum atomic E-state index is 5.89. The molecule has 0 fully saturated rings. The summed E-state index contributed by atoms with van der Waals surface area (Å²) in [6, 6.07) is 0. The summed E-state index contributed by atoms with van der Waals surface area (Å²) in [4.78, 5) is 0. The highest BCUT2D eigenvalue weighted by Crippen LogP contribution is 2.07. The molecular formula is C9H8B3Cl. The quantitative estimate of drug-likeness (QED) is 0.520. The predicted molar refractivity (Wildman–Crippen MR) is 61.7 cm³/mol. The molecule has 0 aliphatic rings. The molecule has 0 aliphatic carbocycles. The van der Waals surface area contributed by atoms with Gasteiger partial charge in [-0.15, -0.1) is 0 Å². The molecule has 0 unspecified atom stereocenters. The summed E-state index contributed by atoms with van der Waals surface area (Å²) in [7, 11) is 17.3. The van der Waals surface area contributed by atoms with E-state index in [4.69, 9.17) is 35.1 Å². The third kappa shape index (κ3) is 1.67. The van der Waals surface area contributed by atoms with E-state index in [-0.39, 0.29) is 0 Å². The van der Waals surface area contributed by atoms with Crippen LogP contribution in [0.1, 0.15) is 18.1 Å². The van der Waals surface area contributed by atoms with Crippen molar-refractivity contribution in [2.24, 2.45) is 0 Å². The van der Waals surface area contributed by atoms with Crippen LogP contribution < -0.4 is 16.4 Å². The fraction of sp³-hybridized carbons (Fsp3) is 0.333. The summed E-state index contributed by atoms with van der Waals surface area (Å²) in [5.41, 5.74) is 3.39. The Morgan fingerprint density at radius 3 is 2.08 bits per heavy atom. The molecule has 0 atom stereocenters. The van der Waals surface area contributed by atoms with E-state index >= 15 is 0 Å². The number of benzene rings is 1. The Morgan fingerprint density at radius 2 is 1.62 bits per heavy atom. The van der Waals surface area contributed by atoms with Crippen LogP contribution in [0.5, 0.6) is 0 Å². The van der Waals surface area contributed by atoms with Crippen LogP contribution in [0.15, 0.2) is 0 Å². The van der Waals surface area contributed by atoms with E-state index in [1.807, 2.05) is 13.8 Å². The first-order valence-corrected chi connectivity index (χ1v) is 4.49. The fourth-order valence-electron chi connectivity index (χ4n) is 1.41.